The van der Waals surface area contributed by atoms with Gasteiger partial charge in [-0.05, 0) is 64.2 Å². The number of allylic oxidation sites excluding steroid dienone is 5. The second kappa shape index (κ2) is 59.6. The van der Waals surface area contributed by atoms with E-state index in [0.29, 0.717) is 19.4 Å². The van der Waals surface area contributed by atoms with Gasteiger partial charge in [0.05, 0.1) is 25.4 Å². The third kappa shape index (κ3) is 55.4. The number of ether oxygens (including phenoxy) is 1. The van der Waals surface area contributed by atoms with Crippen LogP contribution in [0.2, 0.25) is 0 Å². The maximum Gasteiger partial charge on any atom is 0.305 e. The highest BCUT2D eigenvalue weighted by atomic mass is 16.5. The van der Waals surface area contributed by atoms with Gasteiger partial charge >= 0.3 is 5.97 Å². The van der Waals surface area contributed by atoms with Crippen molar-refractivity contribution in [3.05, 3.63) is 36.5 Å². The third-order valence-electron chi connectivity index (χ3n) is 14.4. The molecule has 1 amide bonds. The first kappa shape index (κ1) is 68.1. The maximum absolute atomic E-state index is 12.5. The maximum atomic E-state index is 12.5. The Morgan fingerprint density at radius 2 is 0.714 bits per heavy atom. The molecule has 0 rings (SSSR count). The molecule has 412 valence electrons. The van der Waals surface area contributed by atoms with Gasteiger partial charge in [0.1, 0.15) is 0 Å². The van der Waals surface area contributed by atoms with E-state index in [1.165, 1.54) is 244 Å². The molecule has 0 saturated heterocycles. The molecule has 0 radical (unpaired) electrons. The molecule has 0 aliphatic rings. The highest BCUT2D eigenvalue weighted by Crippen LogP contribution is 2.17. The lowest BCUT2D eigenvalue weighted by Crippen LogP contribution is -2.45. The van der Waals surface area contributed by atoms with Crippen molar-refractivity contribution in [2.75, 3.05) is 13.2 Å². The van der Waals surface area contributed by atoms with Crippen LogP contribution in [0, 0.1) is 0 Å². The van der Waals surface area contributed by atoms with Gasteiger partial charge in [0.15, 0.2) is 0 Å². The molecule has 0 aliphatic carbocycles. The number of hydrogen-bond acceptors (Lipinski definition) is 5. The van der Waals surface area contributed by atoms with Crippen molar-refractivity contribution in [2.24, 2.45) is 0 Å². The highest BCUT2D eigenvalue weighted by Gasteiger charge is 2.18. The summed E-state index contributed by atoms with van der Waals surface area (Å²) in [7, 11) is 0. The first-order chi connectivity index (χ1) is 34.5. The van der Waals surface area contributed by atoms with Crippen LogP contribution in [-0.2, 0) is 14.3 Å². The van der Waals surface area contributed by atoms with E-state index in [1.807, 2.05) is 6.08 Å². The Bertz CT molecular complexity index is 1130. The summed E-state index contributed by atoms with van der Waals surface area (Å²) in [6.45, 7) is 4.84. The second-order valence-electron chi connectivity index (χ2n) is 21.4. The van der Waals surface area contributed by atoms with Crippen LogP contribution in [0.3, 0.4) is 0 Å². The van der Waals surface area contributed by atoms with Crippen molar-refractivity contribution in [3.63, 3.8) is 0 Å². The van der Waals surface area contributed by atoms with E-state index in [2.05, 4.69) is 43.5 Å². The van der Waals surface area contributed by atoms with E-state index in [0.717, 1.165) is 64.2 Å². The molecule has 0 fully saturated rings. The second-order valence-corrected chi connectivity index (χ2v) is 21.4. The zero-order valence-electron chi connectivity index (χ0n) is 47.0. The van der Waals surface area contributed by atoms with Gasteiger partial charge < -0.3 is 20.3 Å². The summed E-state index contributed by atoms with van der Waals surface area (Å²) in [5.74, 6) is -0.123. The quantitative estimate of drug-likeness (QED) is 0.0321. The first-order valence-corrected chi connectivity index (χ1v) is 31.3. The van der Waals surface area contributed by atoms with Gasteiger partial charge in [-0.25, -0.2) is 0 Å². The van der Waals surface area contributed by atoms with Crippen LogP contribution in [0.15, 0.2) is 36.5 Å². The average molecular weight is 985 g/mol. The summed E-state index contributed by atoms with van der Waals surface area (Å²) in [5, 5.41) is 23.2. The predicted molar refractivity (Wildman–Crippen MR) is 306 cm³/mol. The van der Waals surface area contributed by atoms with Crippen LogP contribution in [0.4, 0.5) is 0 Å². The SMILES string of the molecule is CCCCC/C=C\C/C=C\CCCCCCCCCCCC(=O)OCCCCCCCCCCCC(=O)NC(CO)C(O)/C=C/CCCCCCCCCCCCCCCCCCCCCCCCC. The molecular weight excluding hydrogens is 863 g/mol. The molecule has 0 aliphatic heterocycles. The third-order valence-corrected chi connectivity index (χ3v) is 14.4. The number of hydrogen-bond donors (Lipinski definition) is 3. The Balaban J connectivity index is 3.49. The number of rotatable bonds is 58. The lowest BCUT2D eigenvalue weighted by molar-refractivity contribution is -0.143. The normalized spacial score (nSPS) is 12.8. The minimum absolute atomic E-state index is 0.0302. The number of unbranched alkanes of at least 4 members (excludes halogenated alkanes) is 43. The number of aliphatic hydroxyl groups is 2. The Hall–Kier alpha value is -1.92. The Morgan fingerprint density at radius 3 is 1.11 bits per heavy atom. The van der Waals surface area contributed by atoms with E-state index in [1.54, 1.807) is 6.08 Å². The van der Waals surface area contributed by atoms with E-state index >= 15 is 0 Å². The summed E-state index contributed by atoms with van der Waals surface area (Å²) in [6.07, 6.45) is 74.7. The van der Waals surface area contributed by atoms with E-state index < -0.39 is 12.1 Å². The molecule has 0 aromatic carbocycles. The topological polar surface area (TPSA) is 95.9 Å². The molecule has 2 atom stereocenters. The lowest BCUT2D eigenvalue weighted by atomic mass is 10.0. The molecule has 0 heterocycles. The molecule has 0 saturated carbocycles. The zero-order valence-corrected chi connectivity index (χ0v) is 47.0. The van der Waals surface area contributed by atoms with Gasteiger partial charge in [-0.3, -0.25) is 9.59 Å². The minimum atomic E-state index is -0.864. The van der Waals surface area contributed by atoms with Crippen molar-refractivity contribution in [2.45, 2.75) is 347 Å². The number of carbonyl (C=O) groups excluding carboxylic acids is 2. The van der Waals surface area contributed by atoms with Gasteiger partial charge in [0.25, 0.3) is 0 Å². The van der Waals surface area contributed by atoms with Crippen LogP contribution < -0.4 is 5.32 Å². The number of amides is 1. The summed E-state index contributed by atoms with van der Waals surface area (Å²) >= 11 is 0. The number of carbonyl (C=O) groups is 2. The highest BCUT2D eigenvalue weighted by molar-refractivity contribution is 5.76. The molecule has 0 aromatic rings. The van der Waals surface area contributed by atoms with Crippen LogP contribution in [0.5, 0.6) is 0 Å². The molecule has 0 aromatic heterocycles. The van der Waals surface area contributed by atoms with Crippen LogP contribution in [0.25, 0.3) is 0 Å². The zero-order chi connectivity index (χ0) is 50.7. The number of nitrogens with one attached hydrogen (secondary N) is 1. The van der Waals surface area contributed by atoms with Crippen LogP contribution in [-0.4, -0.2) is 47.4 Å². The van der Waals surface area contributed by atoms with E-state index in [-0.39, 0.29) is 18.5 Å². The summed E-state index contributed by atoms with van der Waals surface area (Å²) in [5.41, 5.74) is 0. The molecule has 2 unspecified atom stereocenters. The average Bonchev–Trinajstić information content (AvgIpc) is 3.36. The van der Waals surface area contributed by atoms with Gasteiger partial charge in [0, 0.05) is 12.8 Å². The standard InChI is InChI=1S/C64H121NO5/c1-3-5-7-9-11-13-15-17-19-21-23-24-25-26-27-28-30-31-33-35-37-40-44-48-52-56-62(67)61(60-66)65-63(68)57-53-49-45-41-39-43-47-51-55-59-70-64(69)58-54-50-46-42-38-36-34-32-29-22-20-18-16-14-12-10-8-6-4-2/h12,14,18,20,52,56,61-62,66-67H,3-11,13,15-17,19,21-51,53-55,57-60H2,1-2H3,(H,65,68)/b14-12-,20-18-,56-52+. The van der Waals surface area contributed by atoms with Crippen molar-refractivity contribution in [1.29, 1.82) is 0 Å². The lowest BCUT2D eigenvalue weighted by Gasteiger charge is -2.20. The van der Waals surface area contributed by atoms with E-state index in [9.17, 15) is 19.8 Å². The monoisotopic (exact) mass is 984 g/mol. The van der Waals surface area contributed by atoms with Crippen molar-refractivity contribution >= 4 is 11.9 Å². The van der Waals surface area contributed by atoms with Crippen LogP contribution >= 0.6 is 0 Å². The van der Waals surface area contributed by atoms with Gasteiger partial charge in [-0.1, -0.05) is 294 Å². The molecule has 6 heteroatoms. The summed E-state index contributed by atoms with van der Waals surface area (Å²) < 4.78 is 5.47. The molecule has 3 N–H and O–H groups in total. The largest absolute Gasteiger partial charge is 0.466 e. The van der Waals surface area contributed by atoms with Gasteiger partial charge in [0.2, 0.25) is 5.91 Å². The Kier molecular flexibility index (Phi) is 58.0. The fourth-order valence-electron chi connectivity index (χ4n) is 9.61. The molecule has 70 heavy (non-hydrogen) atoms. The summed E-state index contributed by atoms with van der Waals surface area (Å²) in [4.78, 5) is 24.6. The Labute approximate surface area is 436 Å². The molecule has 0 spiro atoms. The molecule has 0 bridgehead atoms. The smallest absolute Gasteiger partial charge is 0.305 e. The Morgan fingerprint density at radius 1 is 0.400 bits per heavy atom. The van der Waals surface area contributed by atoms with E-state index in [4.69, 9.17) is 4.74 Å². The number of esters is 1. The van der Waals surface area contributed by atoms with Crippen molar-refractivity contribution in [3.8, 4) is 0 Å². The van der Waals surface area contributed by atoms with Gasteiger partial charge in [-0.15, -0.1) is 0 Å². The van der Waals surface area contributed by atoms with Gasteiger partial charge in [-0.2, -0.15) is 0 Å². The first-order valence-electron chi connectivity index (χ1n) is 31.3. The fourth-order valence-corrected chi connectivity index (χ4v) is 9.61. The van der Waals surface area contributed by atoms with Crippen molar-refractivity contribution < 1.29 is 24.5 Å². The number of aliphatic hydroxyl groups excluding tert-OH is 2. The summed E-state index contributed by atoms with van der Waals surface area (Å²) in [6, 6.07) is -0.650. The predicted octanol–water partition coefficient (Wildman–Crippen LogP) is 19.6. The minimum Gasteiger partial charge on any atom is -0.466 e. The molecular formula is C64H121NO5. The fraction of sp³-hybridized carbons (Fsp3) is 0.875. The van der Waals surface area contributed by atoms with Crippen molar-refractivity contribution in [1.82, 2.24) is 5.32 Å². The molecule has 6 nitrogen and oxygen atoms in total. The van der Waals surface area contributed by atoms with Crippen LogP contribution in [0.1, 0.15) is 335 Å².